The number of aromatic nitrogens is 1. The normalized spacial score (nSPS) is 16.5. The van der Waals surface area contributed by atoms with E-state index in [2.05, 4.69) is 42.3 Å². The predicted octanol–water partition coefficient (Wildman–Crippen LogP) is 4.97. The van der Waals surface area contributed by atoms with Crippen LogP contribution >= 0.6 is 11.3 Å². The number of benzene rings is 2. The Morgan fingerprint density at radius 2 is 2.03 bits per heavy atom. The van der Waals surface area contributed by atoms with E-state index in [1.165, 1.54) is 41.7 Å². The van der Waals surface area contributed by atoms with Crippen LogP contribution in [0.15, 0.2) is 35.1 Å². The molecule has 3 N–H and O–H groups in total. The molecule has 36 heavy (non-hydrogen) atoms. The first-order chi connectivity index (χ1) is 17.4. The molecule has 6 nitrogen and oxygen atoms in total. The van der Waals surface area contributed by atoms with Gasteiger partial charge in [0.15, 0.2) is 11.5 Å². The average molecular weight is 512 g/mol. The van der Waals surface area contributed by atoms with Crippen molar-refractivity contribution < 1.29 is 10.2 Å². The lowest BCUT2D eigenvalue weighted by Gasteiger charge is -2.35. The number of aromatic hydroxyl groups is 2. The number of phenols is 2. The van der Waals surface area contributed by atoms with E-state index in [0.29, 0.717) is 12.1 Å². The molecule has 0 fully saturated rings. The van der Waals surface area contributed by atoms with Gasteiger partial charge in [-0.3, -0.25) is 4.79 Å². The smallest absolute Gasteiger partial charge is 0.307 e. The van der Waals surface area contributed by atoms with Crippen LogP contribution in [0.3, 0.4) is 0 Å². The zero-order chi connectivity index (χ0) is 25.7. The number of thiazole rings is 1. The maximum atomic E-state index is 11.9. The summed E-state index contributed by atoms with van der Waals surface area (Å²) in [7, 11) is 1.83. The maximum absolute atomic E-state index is 11.9. The lowest BCUT2D eigenvalue weighted by Crippen LogP contribution is -2.40. The van der Waals surface area contributed by atoms with Crippen molar-refractivity contribution in [2.24, 2.45) is 7.05 Å². The van der Waals surface area contributed by atoms with Crippen molar-refractivity contribution in [2.45, 2.75) is 77.3 Å². The van der Waals surface area contributed by atoms with E-state index in [0.717, 1.165) is 67.5 Å². The number of unbranched alkanes of at least 4 members (excludes halogenated alkanes) is 1. The van der Waals surface area contributed by atoms with Crippen molar-refractivity contribution in [3.05, 3.63) is 56.7 Å². The van der Waals surface area contributed by atoms with Crippen LogP contribution in [0, 0.1) is 0 Å². The Kier molecular flexibility index (Phi) is 9.09. The first-order valence-corrected chi connectivity index (χ1v) is 14.3. The molecule has 2 unspecified atom stereocenters. The molecular formula is C29H41N3O3S. The monoisotopic (exact) mass is 511 g/mol. The summed E-state index contributed by atoms with van der Waals surface area (Å²) in [5.74, 6) is 0.0724. The highest BCUT2D eigenvalue weighted by molar-refractivity contribution is 7.16. The second kappa shape index (κ2) is 12.3. The second-order valence-electron chi connectivity index (χ2n) is 10.3. The molecule has 0 radical (unpaired) electrons. The van der Waals surface area contributed by atoms with E-state index < -0.39 is 0 Å². The molecule has 2 aromatic carbocycles. The van der Waals surface area contributed by atoms with E-state index in [-0.39, 0.29) is 16.4 Å². The Bertz CT molecular complexity index is 1220. The first kappa shape index (κ1) is 26.7. The molecule has 0 spiro atoms. The van der Waals surface area contributed by atoms with E-state index in [4.69, 9.17) is 0 Å². The third kappa shape index (κ3) is 6.31. The summed E-state index contributed by atoms with van der Waals surface area (Å²) in [6.45, 7) is 7.69. The number of aryl methyl sites for hydroxylation is 1. The number of nitrogens with one attached hydrogen (secondary N) is 1. The van der Waals surface area contributed by atoms with Gasteiger partial charge in [-0.2, -0.15) is 0 Å². The Hall–Kier alpha value is -2.35. The highest BCUT2D eigenvalue weighted by Crippen LogP contribution is 2.36. The minimum Gasteiger partial charge on any atom is -0.504 e. The summed E-state index contributed by atoms with van der Waals surface area (Å²) in [6.07, 6.45) is 8.50. The fourth-order valence-corrected chi connectivity index (χ4v) is 6.49. The maximum Gasteiger partial charge on any atom is 0.307 e. The zero-order valence-electron chi connectivity index (χ0n) is 21.9. The summed E-state index contributed by atoms with van der Waals surface area (Å²) in [5.41, 5.74) is 4.40. The molecule has 0 saturated carbocycles. The standard InChI is InChI=1S/C29H41N3O3S/c1-4-16-32(23-10-11-24-22(19-23)9-13-26(33)28(24)34)17-6-5-7-20(2)30-15-14-21-8-12-25-27(18-21)36-29(35)31(25)3/h8-9,12-13,18,20,23,30,33-34H,4-7,10-11,14-17,19H2,1-3H3. The van der Waals surface area contributed by atoms with E-state index in [9.17, 15) is 15.0 Å². The molecule has 0 bridgehead atoms. The molecule has 3 aromatic rings. The van der Waals surface area contributed by atoms with Gasteiger partial charge in [0.2, 0.25) is 0 Å². The lowest BCUT2D eigenvalue weighted by atomic mass is 9.86. The van der Waals surface area contributed by atoms with Crippen molar-refractivity contribution >= 4 is 21.6 Å². The van der Waals surface area contributed by atoms with Crippen molar-refractivity contribution in [1.82, 2.24) is 14.8 Å². The molecule has 196 valence electrons. The molecule has 0 saturated heterocycles. The van der Waals surface area contributed by atoms with Crippen molar-refractivity contribution in [3.63, 3.8) is 0 Å². The van der Waals surface area contributed by atoms with Gasteiger partial charge in [-0.1, -0.05) is 36.8 Å². The SMILES string of the molecule is CCCN(CCCCC(C)NCCc1ccc2c(c1)sc(=O)n2C)C1CCc2c(ccc(O)c2O)C1. The van der Waals surface area contributed by atoms with Gasteiger partial charge in [0.05, 0.1) is 10.2 Å². The topological polar surface area (TPSA) is 77.7 Å². The minimum atomic E-state index is -0.00376. The number of fused-ring (bicyclic) bond motifs is 2. The van der Waals surface area contributed by atoms with Crippen LogP contribution in [0.4, 0.5) is 0 Å². The van der Waals surface area contributed by atoms with Crippen LogP contribution in [0.5, 0.6) is 11.5 Å². The van der Waals surface area contributed by atoms with Crippen LogP contribution < -0.4 is 10.2 Å². The van der Waals surface area contributed by atoms with Gasteiger partial charge >= 0.3 is 4.87 Å². The minimum absolute atomic E-state index is 0.00376. The number of nitrogens with zero attached hydrogens (tertiary/aromatic N) is 2. The van der Waals surface area contributed by atoms with Gasteiger partial charge in [0, 0.05) is 24.7 Å². The molecule has 4 rings (SSSR count). The fraction of sp³-hybridized carbons (Fsp3) is 0.552. The van der Waals surface area contributed by atoms with Gasteiger partial charge in [0.1, 0.15) is 0 Å². The summed E-state index contributed by atoms with van der Waals surface area (Å²) in [5, 5.41) is 23.7. The summed E-state index contributed by atoms with van der Waals surface area (Å²) in [4.78, 5) is 14.6. The van der Waals surface area contributed by atoms with Crippen molar-refractivity contribution in [1.29, 1.82) is 0 Å². The fourth-order valence-electron chi connectivity index (χ4n) is 5.54. The van der Waals surface area contributed by atoms with Crippen LogP contribution in [-0.4, -0.2) is 51.4 Å². The molecule has 1 aromatic heterocycles. The third-order valence-electron chi connectivity index (χ3n) is 7.66. The lowest BCUT2D eigenvalue weighted by molar-refractivity contribution is 0.175. The van der Waals surface area contributed by atoms with Crippen LogP contribution in [-0.2, 0) is 26.3 Å². The van der Waals surface area contributed by atoms with Gasteiger partial charge < -0.3 is 25.0 Å². The second-order valence-corrected chi connectivity index (χ2v) is 11.3. The Morgan fingerprint density at radius 1 is 1.19 bits per heavy atom. The number of phenolic OH excluding ortho intramolecular Hbond substituents is 2. The first-order valence-electron chi connectivity index (χ1n) is 13.5. The Morgan fingerprint density at radius 3 is 2.83 bits per heavy atom. The molecule has 1 aliphatic rings. The molecule has 0 aliphatic heterocycles. The number of hydrogen-bond acceptors (Lipinski definition) is 6. The van der Waals surface area contributed by atoms with Gasteiger partial charge in [-0.15, -0.1) is 0 Å². The molecule has 1 aliphatic carbocycles. The molecule has 0 amide bonds. The predicted molar refractivity (Wildman–Crippen MR) is 150 cm³/mol. The highest BCUT2D eigenvalue weighted by atomic mass is 32.1. The third-order valence-corrected chi connectivity index (χ3v) is 8.66. The highest BCUT2D eigenvalue weighted by Gasteiger charge is 2.26. The largest absolute Gasteiger partial charge is 0.504 e. The van der Waals surface area contributed by atoms with Gasteiger partial charge in [-0.05, 0) is 101 Å². The summed E-state index contributed by atoms with van der Waals surface area (Å²) in [6, 6.07) is 11.0. The molecular weight excluding hydrogens is 470 g/mol. The van der Waals surface area contributed by atoms with E-state index in [1.54, 1.807) is 10.6 Å². The quantitative estimate of drug-likeness (QED) is 0.236. The summed E-state index contributed by atoms with van der Waals surface area (Å²) >= 11 is 1.32. The van der Waals surface area contributed by atoms with Crippen LogP contribution in [0.1, 0.15) is 62.6 Å². The molecule has 2 atom stereocenters. The zero-order valence-corrected chi connectivity index (χ0v) is 22.7. The van der Waals surface area contributed by atoms with Crippen LogP contribution in [0.2, 0.25) is 0 Å². The van der Waals surface area contributed by atoms with Crippen molar-refractivity contribution in [2.75, 3.05) is 19.6 Å². The number of rotatable bonds is 12. The Labute approximate surface area is 218 Å². The Balaban J connectivity index is 1.18. The molecule has 1 heterocycles. The van der Waals surface area contributed by atoms with E-state index >= 15 is 0 Å². The summed E-state index contributed by atoms with van der Waals surface area (Å²) < 4.78 is 2.79. The average Bonchev–Trinajstić information content (AvgIpc) is 3.15. The van der Waals surface area contributed by atoms with E-state index in [1.807, 2.05) is 13.1 Å². The number of hydrogen-bond donors (Lipinski definition) is 3. The molecule has 7 heteroatoms. The van der Waals surface area contributed by atoms with Crippen molar-refractivity contribution in [3.8, 4) is 11.5 Å². The van der Waals surface area contributed by atoms with Gasteiger partial charge in [0.25, 0.3) is 0 Å². The van der Waals surface area contributed by atoms with Crippen LogP contribution in [0.25, 0.3) is 10.2 Å². The van der Waals surface area contributed by atoms with Gasteiger partial charge in [-0.25, -0.2) is 0 Å².